The maximum absolute atomic E-state index is 10.3. The SMILES string of the molecule is [C-]#[N+]CCN(C)C([CH])=O. The minimum Gasteiger partial charge on any atom is -0.338 e. The Hall–Kier alpha value is -1.04. The van der Waals surface area contributed by atoms with E-state index < -0.39 is 5.91 Å². The zero-order chi connectivity index (χ0) is 7.28. The average Bonchev–Trinajstić information content (AvgIpc) is 1.82. The van der Waals surface area contributed by atoms with Crippen LogP contribution in [0.15, 0.2) is 0 Å². The molecule has 3 heteroatoms. The van der Waals surface area contributed by atoms with Crippen LogP contribution in [0.2, 0.25) is 0 Å². The number of carbonyl (C=O) groups excluding carboxylic acids is 1. The Balaban J connectivity index is 3.41. The maximum Gasteiger partial charge on any atom is 0.231 e. The van der Waals surface area contributed by atoms with E-state index in [0.717, 1.165) is 0 Å². The summed E-state index contributed by atoms with van der Waals surface area (Å²) < 4.78 is 0. The van der Waals surface area contributed by atoms with Gasteiger partial charge in [-0.3, -0.25) is 4.79 Å². The Morgan fingerprint density at radius 3 is 2.78 bits per heavy atom. The van der Waals surface area contributed by atoms with Crippen LogP contribution in [-0.2, 0) is 4.79 Å². The van der Waals surface area contributed by atoms with Crippen LogP contribution in [0, 0.1) is 13.5 Å². The number of hydrogen-bond donors (Lipinski definition) is 0. The molecular formula is C6H8N2O. The van der Waals surface area contributed by atoms with Crippen LogP contribution in [0.4, 0.5) is 0 Å². The summed E-state index contributed by atoms with van der Waals surface area (Å²) in [7, 11) is 1.56. The topological polar surface area (TPSA) is 24.7 Å². The van der Waals surface area contributed by atoms with Crippen LogP contribution < -0.4 is 0 Å². The van der Waals surface area contributed by atoms with Crippen LogP contribution in [0.5, 0.6) is 0 Å². The van der Waals surface area contributed by atoms with Gasteiger partial charge < -0.3 is 9.74 Å². The Morgan fingerprint density at radius 1 is 1.89 bits per heavy atom. The molecule has 0 N–H and O–H groups in total. The number of nitrogens with zero attached hydrogens (tertiary/aromatic N) is 2. The lowest BCUT2D eigenvalue weighted by Gasteiger charge is -2.08. The van der Waals surface area contributed by atoms with Gasteiger partial charge in [0.1, 0.15) is 0 Å². The molecule has 0 aliphatic heterocycles. The van der Waals surface area contributed by atoms with Crippen molar-refractivity contribution < 1.29 is 4.79 Å². The molecule has 0 aromatic rings. The zero-order valence-electron chi connectivity index (χ0n) is 5.29. The number of hydrogen-bond acceptors (Lipinski definition) is 1. The highest BCUT2D eigenvalue weighted by Gasteiger charge is 2.01. The van der Waals surface area contributed by atoms with Gasteiger partial charge in [0.05, 0.1) is 13.5 Å². The van der Waals surface area contributed by atoms with Gasteiger partial charge in [0, 0.05) is 7.05 Å². The van der Waals surface area contributed by atoms with Crippen molar-refractivity contribution >= 4 is 5.91 Å². The largest absolute Gasteiger partial charge is 0.338 e. The fraction of sp³-hybridized carbons (Fsp3) is 0.500. The summed E-state index contributed by atoms with van der Waals surface area (Å²) in [6, 6.07) is 0. The second-order valence-corrected chi connectivity index (χ2v) is 1.64. The minimum atomic E-state index is -0.487. The molecule has 9 heavy (non-hydrogen) atoms. The molecule has 0 aliphatic rings. The van der Waals surface area contributed by atoms with Crippen LogP contribution in [0.3, 0.4) is 0 Å². The van der Waals surface area contributed by atoms with Gasteiger partial charge in [0.25, 0.3) is 0 Å². The average molecular weight is 124 g/mol. The number of amides is 1. The normalized spacial score (nSPS) is 8.11. The summed E-state index contributed by atoms with van der Waals surface area (Å²) in [4.78, 5) is 14.6. The van der Waals surface area contributed by atoms with Crippen molar-refractivity contribution in [2.75, 3.05) is 20.1 Å². The maximum atomic E-state index is 10.3. The quantitative estimate of drug-likeness (QED) is 0.478. The van der Waals surface area contributed by atoms with E-state index in [1.165, 1.54) is 4.90 Å². The summed E-state index contributed by atoms with van der Waals surface area (Å²) in [5.41, 5.74) is 0. The smallest absolute Gasteiger partial charge is 0.231 e. The molecule has 0 atom stereocenters. The van der Waals surface area contributed by atoms with Gasteiger partial charge in [-0.25, -0.2) is 6.57 Å². The molecule has 0 aromatic heterocycles. The van der Waals surface area contributed by atoms with Gasteiger partial charge in [-0.15, -0.1) is 0 Å². The molecule has 0 fully saturated rings. The lowest BCUT2D eigenvalue weighted by molar-refractivity contribution is -0.124. The summed E-state index contributed by atoms with van der Waals surface area (Å²) in [6.45, 7) is 12.0. The number of likely N-dealkylation sites (N-methyl/N-ethyl adjacent to an activating group) is 1. The summed E-state index contributed by atoms with van der Waals surface area (Å²) >= 11 is 0. The molecule has 0 bridgehead atoms. The third-order valence-electron chi connectivity index (χ3n) is 0.923. The molecule has 0 aromatic carbocycles. The molecule has 0 rings (SSSR count). The van der Waals surface area contributed by atoms with Gasteiger partial charge >= 0.3 is 0 Å². The predicted octanol–water partition coefficient (Wildman–Crippen LogP) is 0.0752. The molecule has 0 saturated carbocycles. The summed E-state index contributed by atoms with van der Waals surface area (Å²) in [5, 5.41) is 0. The first-order valence-electron chi connectivity index (χ1n) is 2.52. The zero-order valence-corrected chi connectivity index (χ0v) is 5.29. The van der Waals surface area contributed by atoms with Crippen molar-refractivity contribution in [3.63, 3.8) is 0 Å². The van der Waals surface area contributed by atoms with Crippen LogP contribution in [0.25, 0.3) is 4.85 Å². The Bertz CT molecular complexity index is 136. The fourth-order valence-corrected chi connectivity index (χ4v) is 0.310. The second-order valence-electron chi connectivity index (χ2n) is 1.64. The summed E-state index contributed by atoms with van der Waals surface area (Å²) in [6.07, 6.45) is 0. The van der Waals surface area contributed by atoms with Gasteiger partial charge in [-0.05, 0) is 0 Å². The predicted molar refractivity (Wildman–Crippen MR) is 33.4 cm³/mol. The van der Waals surface area contributed by atoms with Gasteiger partial charge in [-0.1, -0.05) is 0 Å². The fourth-order valence-electron chi connectivity index (χ4n) is 0.310. The highest BCUT2D eigenvalue weighted by molar-refractivity contribution is 5.79. The van der Waals surface area contributed by atoms with Crippen LogP contribution in [0.1, 0.15) is 0 Å². The van der Waals surface area contributed by atoms with Crippen LogP contribution >= 0.6 is 0 Å². The van der Waals surface area contributed by atoms with E-state index in [4.69, 9.17) is 13.5 Å². The van der Waals surface area contributed by atoms with E-state index in [-0.39, 0.29) is 0 Å². The Kier molecular flexibility index (Phi) is 3.45. The number of rotatable bonds is 2. The minimum absolute atomic E-state index is 0.319. The van der Waals surface area contributed by atoms with Crippen molar-refractivity contribution in [3.05, 3.63) is 18.3 Å². The molecule has 0 spiro atoms. The highest BCUT2D eigenvalue weighted by atomic mass is 16.2. The molecule has 3 nitrogen and oxygen atoms in total. The first-order valence-corrected chi connectivity index (χ1v) is 2.52. The summed E-state index contributed by atoms with van der Waals surface area (Å²) in [5.74, 6) is -0.487. The third kappa shape index (κ3) is 3.53. The van der Waals surface area contributed by atoms with E-state index >= 15 is 0 Å². The van der Waals surface area contributed by atoms with E-state index in [0.29, 0.717) is 13.1 Å². The van der Waals surface area contributed by atoms with E-state index in [1.807, 2.05) is 0 Å². The van der Waals surface area contributed by atoms with E-state index in [9.17, 15) is 4.79 Å². The van der Waals surface area contributed by atoms with Crippen molar-refractivity contribution in [1.82, 2.24) is 4.90 Å². The van der Waals surface area contributed by atoms with Gasteiger partial charge in [0.2, 0.25) is 12.5 Å². The molecule has 0 unspecified atom stereocenters. The first kappa shape index (κ1) is 7.96. The lowest BCUT2D eigenvalue weighted by atomic mass is 10.5. The molecule has 0 heterocycles. The highest BCUT2D eigenvalue weighted by Crippen LogP contribution is 1.81. The van der Waals surface area contributed by atoms with Crippen LogP contribution in [-0.4, -0.2) is 30.9 Å². The van der Waals surface area contributed by atoms with E-state index in [2.05, 4.69) is 4.85 Å². The molecule has 0 aliphatic carbocycles. The molecule has 48 valence electrons. The molecule has 1 amide bonds. The standard InChI is InChI=1S/C6H8N2O/c1-6(9)8(3)5-4-7-2/h1H,4-5H2,3H3. The van der Waals surface area contributed by atoms with Gasteiger partial charge in [0.15, 0.2) is 0 Å². The number of carbonyl (C=O) groups is 1. The second kappa shape index (κ2) is 3.90. The monoisotopic (exact) mass is 124 g/mol. The molecule has 0 saturated heterocycles. The van der Waals surface area contributed by atoms with E-state index in [1.54, 1.807) is 7.05 Å². The Morgan fingerprint density at radius 2 is 2.44 bits per heavy atom. The molecule has 2 radical (unpaired) electrons. The van der Waals surface area contributed by atoms with Crippen molar-refractivity contribution in [2.45, 2.75) is 0 Å². The lowest BCUT2D eigenvalue weighted by Crippen LogP contribution is -2.26. The third-order valence-corrected chi connectivity index (χ3v) is 0.923. The van der Waals surface area contributed by atoms with Gasteiger partial charge in [-0.2, -0.15) is 0 Å². The first-order chi connectivity index (χ1) is 4.18. The van der Waals surface area contributed by atoms with Crippen molar-refractivity contribution in [1.29, 1.82) is 0 Å². The molecular weight excluding hydrogens is 116 g/mol. The Labute approximate surface area is 55.1 Å². The van der Waals surface area contributed by atoms with Crippen molar-refractivity contribution in [3.8, 4) is 0 Å². The van der Waals surface area contributed by atoms with Crippen molar-refractivity contribution in [2.24, 2.45) is 0 Å².